The molecule has 174 valence electrons. The molecule has 0 aliphatic heterocycles. The highest BCUT2D eigenvalue weighted by Gasteiger charge is 2.27. The van der Waals surface area contributed by atoms with Gasteiger partial charge in [-0.3, -0.25) is 4.55 Å². The summed E-state index contributed by atoms with van der Waals surface area (Å²) in [5, 5.41) is 0. The zero-order chi connectivity index (χ0) is 24.6. The molecule has 0 aromatic heterocycles. The lowest BCUT2D eigenvalue weighted by Gasteiger charge is -2.20. The first kappa shape index (κ1) is 25.7. The molecule has 0 amide bonds. The van der Waals surface area contributed by atoms with Gasteiger partial charge >= 0.3 is 21.2 Å². The van der Waals surface area contributed by atoms with Gasteiger partial charge in [-0.2, -0.15) is 8.42 Å². The SMILES string of the molecule is C=C(c1cc(C(C)(C)C)ccc1[I+]c1ccc(C(C)(C)C)cc1)c1ccccc1S(=O)(=O)O. The summed E-state index contributed by atoms with van der Waals surface area (Å²) in [7, 11) is -4.37. The molecule has 1 N–H and O–H groups in total. The fourth-order valence-electron chi connectivity index (χ4n) is 3.52. The molecule has 3 rings (SSSR count). The van der Waals surface area contributed by atoms with Crippen LogP contribution in [0.25, 0.3) is 5.57 Å². The molecule has 33 heavy (non-hydrogen) atoms. The maximum atomic E-state index is 12.0. The molecule has 0 aliphatic rings. The van der Waals surface area contributed by atoms with Gasteiger partial charge in [0.15, 0.2) is 3.57 Å². The Morgan fingerprint density at radius 1 is 0.788 bits per heavy atom. The molecule has 0 heterocycles. The average Bonchev–Trinajstić information content (AvgIpc) is 2.72. The average molecular weight is 576 g/mol. The van der Waals surface area contributed by atoms with Crippen LogP contribution in [0.15, 0.2) is 78.2 Å². The Morgan fingerprint density at radius 2 is 1.33 bits per heavy atom. The van der Waals surface area contributed by atoms with E-state index in [1.54, 1.807) is 18.2 Å². The molecule has 0 fully saturated rings. The van der Waals surface area contributed by atoms with Gasteiger partial charge in [-0.15, -0.1) is 0 Å². The van der Waals surface area contributed by atoms with Crippen LogP contribution in [0.2, 0.25) is 0 Å². The van der Waals surface area contributed by atoms with E-state index in [1.165, 1.54) is 18.8 Å². The zero-order valence-electron chi connectivity index (χ0n) is 20.1. The Balaban J connectivity index is 2.11. The van der Waals surface area contributed by atoms with Crippen LogP contribution in [0.4, 0.5) is 0 Å². The van der Waals surface area contributed by atoms with Crippen LogP contribution in [0.3, 0.4) is 0 Å². The van der Waals surface area contributed by atoms with E-state index in [4.69, 9.17) is 0 Å². The summed E-state index contributed by atoms with van der Waals surface area (Å²) >= 11 is -0.529. The van der Waals surface area contributed by atoms with Crippen LogP contribution in [-0.4, -0.2) is 13.0 Å². The fraction of sp³-hybridized carbons (Fsp3) is 0.286. The third kappa shape index (κ3) is 6.14. The summed E-state index contributed by atoms with van der Waals surface area (Å²) in [5.41, 5.74) is 4.46. The summed E-state index contributed by atoms with van der Waals surface area (Å²) in [4.78, 5) is -0.116. The molecule has 0 bridgehead atoms. The number of hydrogen-bond donors (Lipinski definition) is 1. The van der Waals surface area contributed by atoms with Gasteiger partial charge in [0.2, 0.25) is 3.57 Å². The maximum absolute atomic E-state index is 12.0. The van der Waals surface area contributed by atoms with Crippen LogP contribution >= 0.6 is 0 Å². The van der Waals surface area contributed by atoms with Crippen molar-refractivity contribution in [3.8, 4) is 0 Å². The second-order valence-corrected chi connectivity index (χ2v) is 14.6. The first-order valence-electron chi connectivity index (χ1n) is 10.8. The molecule has 0 spiro atoms. The molecule has 5 heteroatoms. The second kappa shape index (κ2) is 9.35. The van der Waals surface area contributed by atoms with Gasteiger partial charge in [-0.1, -0.05) is 84.5 Å². The summed E-state index contributed by atoms with van der Waals surface area (Å²) in [6.45, 7) is 17.4. The lowest BCUT2D eigenvalue weighted by atomic mass is 9.85. The smallest absolute Gasteiger partial charge is 0.282 e. The van der Waals surface area contributed by atoms with Crippen molar-refractivity contribution in [2.24, 2.45) is 0 Å². The van der Waals surface area contributed by atoms with Crippen molar-refractivity contribution in [1.29, 1.82) is 0 Å². The Hall–Kier alpha value is -1.96. The van der Waals surface area contributed by atoms with Gasteiger partial charge < -0.3 is 0 Å². The van der Waals surface area contributed by atoms with Crippen molar-refractivity contribution < 1.29 is 34.2 Å². The van der Waals surface area contributed by atoms with Crippen LogP contribution in [-0.2, 0) is 20.9 Å². The molecule has 0 saturated carbocycles. The maximum Gasteiger partial charge on any atom is 0.358 e. The molecule has 0 unspecified atom stereocenters. The van der Waals surface area contributed by atoms with Crippen molar-refractivity contribution in [2.45, 2.75) is 57.3 Å². The van der Waals surface area contributed by atoms with Crippen molar-refractivity contribution in [3.63, 3.8) is 0 Å². The summed E-state index contributed by atoms with van der Waals surface area (Å²) in [6.07, 6.45) is 0. The van der Waals surface area contributed by atoms with E-state index in [9.17, 15) is 13.0 Å². The van der Waals surface area contributed by atoms with Crippen LogP contribution in [0, 0.1) is 7.14 Å². The van der Waals surface area contributed by atoms with E-state index in [0.717, 1.165) is 11.1 Å². The lowest BCUT2D eigenvalue weighted by molar-refractivity contribution is -0.597. The Labute approximate surface area is 209 Å². The normalized spacial score (nSPS) is 12.6. The van der Waals surface area contributed by atoms with Gasteiger partial charge in [0.25, 0.3) is 10.1 Å². The standard InChI is InChI=1S/C28H31IO3S/c1-19(23-10-8-9-11-26(23)33(30,31)32)24-18-21(28(5,6)7)14-17-25(24)29-22-15-12-20(13-16-22)27(2,3)4/h8-18H,1H2,2-7H3/p+1. The van der Waals surface area contributed by atoms with Gasteiger partial charge in [-0.25, -0.2) is 0 Å². The highest BCUT2D eigenvalue weighted by atomic mass is 127. The fourth-order valence-corrected chi connectivity index (χ4v) is 6.76. The second-order valence-electron chi connectivity index (χ2n) is 10.2. The van der Waals surface area contributed by atoms with E-state index in [1.807, 2.05) is 0 Å². The van der Waals surface area contributed by atoms with E-state index >= 15 is 0 Å². The van der Waals surface area contributed by atoms with Gasteiger partial charge in [0, 0.05) is 11.1 Å². The van der Waals surface area contributed by atoms with Crippen LogP contribution < -0.4 is 21.2 Å². The largest absolute Gasteiger partial charge is 0.358 e. The molecule has 3 nitrogen and oxygen atoms in total. The Bertz CT molecular complexity index is 1280. The Kier molecular flexibility index (Phi) is 7.27. The van der Waals surface area contributed by atoms with E-state index < -0.39 is 31.3 Å². The summed E-state index contributed by atoms with van der Waals surface area (Å²) in [6, 6.07) is 21.7. The highest BCUT2D eigenvalue weighted by molar-refractivity contribution is 7.86. The van der Waals surface area contributed by atoms with Gasteiger partial charge in [0.1, 0.15) is 4.90 Å². The topological polar surface area (TPSA) is 54.4 Å². The molecule has 3 aromatic rings. The van der Waals surface area contributed by atoms with E-state index in [-0.39, 0.29) is 15.7 Å². The molecule has 0 radical (unpaired) electrons. The minimum absolute atomic E-state index is 0.0667. The van der Waals surface area contributed by atoms with Crippen molar-refractivity contribution >= 4 is 15.7 Å². The van der Waals surface area contributed by atoms with Crippen molar-refractivity contribution in [2.75, 3.05) is 0 Å². The minimum Gasteiger partial charge on any atom is -0.282 e. The predicted molar refractivity (Wildman–Crippen MR) is 132 cm³/mol. The number of rotatable bonds is 5. The first-order chi connectivity index (χ1) is 15.2. The molecular formula is C28H32IO3S+. The number of hydrogen-bond acceptors (Lipinski definition) is 2. The summed E-state index contributed by atoms with van der Waals surface area (Å²) < 4.78 is 36.3. The molecule has 0 atom stereocenters. The zero-order valence-corrected chi connectivity index (χ0v) is 23.1. The highest BCUT2D eigenvalue weighted by Crippen LogP contribution is 2.31. The Morgan fingerprint density at radius 3 is 1.88 bits per heavy atom. The van der Waals surface area contributed by atoms with E-state index in [0.29, 0.717) is 11.1 Å². The van der Waals surface area contributed by atoms with Gasteiger partial charge in [-0.05, 0) is 57.9 Å². The van der Waals surface area contributed by atoms with Crippen LogP contribution in [0.1, 0.15) is 63.8 Å². The third-order valence-electron chi connectivity index (χ3n) is 5.57. The molecule has 0 saturated heterocycles. The van der Waals surface area contributed by atoms with E-state index in [2.05, 4.69) is 90.6 Å². The molecule has 3 aromatic carbocycles. The van der Waals surface area contributed by atoms with Crippen molar-refractivity contribution in [3.05, 3.63) is 103 Å². The van der Waals surface area contributed by atoms with Gasteiger partial charge in [0.05, 0.1) is 0 Å². The first-order valence-corrected chi connectivity index (χ1v) is 14.4. The quantitative estimate of drug-likeness (QED) is 0.373. The monoisotopic (exact) mass is 575 g/mol. The predicted octanol–water partition coefficient (Wildman–Crippen LogP) is 3.72. The number of benzene rings is 3. The minimum atomic E-state index is -4.37. The van der Waals surface area contributed by atoms with Crippen LogP contribution in [0.5, 0.6) is 0 Å². The molecule has 0 aliphatic carbocycles. The third-order valence-corrected chi connectivity index (χ3v) is 9.34. The number of halogens is 1. The summed E-state index contributed by atoms with van der Waals surface area (Å²) in [5.74, 6) is 0. The molecular weight excluding hydrogens is 543 g/mol. The lowest BCUT2D eigenvalue weighted by Crippen LogP contribution is -3.61. The van der Waals surface area contributed by atoms with Crippen molar-refractivity contribution in [1.82, 2.24) is 0 Å².